The summed E-state index contributed by atoms with van der Waals surface area (Å²) in [6, 6.07) is 5.11. The van der Waals surface area contributed by atoms with Crippen molar-refractivity contribution in [1.29, 1.82) is 0 Å². The monoisotopic (exact) mass is 418 g/mol. The summed E-state index contributed by atoms with van der Waals surface area (Å²) in [5.74, 6) is 0. The zero-order chi connectivity index (χ0) is 18.1. The first kappa shape index (κ1) is 19.2. The van der Waals surface area contributed by atoms with Gasteiger partial charge in [-0.1, -0.05) is 15.9 Å². The van der Waals surface area contributed by atoms with E-state index in [9.17, 15) is 13.2 Å². The minimum atomic E-state index is -3.56. The first-order chi connectivity index (χ1) is 11.0. The molecule has 1 amide bonds. The molecule has 1 aliphatic rings. The van der Waals surface area contributed by atoms with Crippen LogP contribution in [0.2, 0.25) is 0 Å². The molecule has 0 aromatic heterocycles. The molecule has 1 saturated heterocycles. The van der Waals surface area contributed by atoms with Crippen LogP contribution in [-0.2, 0) is 14.8 Å². The van der Waals surface area contributed by atoms with E-state index in [0.29, 0.717) is 23.5 Å². The lowest BCUT2D eigenvalue weighted by Crippen LogP contribution is -2.51. The fraction of sp³-hybridized carbons (Fsp3) is 0.562. The Hall–Kier alpha value is -1.12. The third-order valence-corrected chi connectivity index (χ3v) is 6.20. The van der Waals surface area contributed by atoms with E-state index in [2.05, 4.69) is 15.9 Å². The van der Waals surface area contributed by atoms with Crippen LogP contribution in [0.1, 0.15) is 26.3 Å². The molecule has 0 radical (unpaired) electrons. The second-order valence-electron chi connectivity index (χ2n) is 6.78. The number of carbonyl (C=O) groups excluding carboxylic acids is 1. The van der Waals surface area contributed by atoms with E-state index in [1.807, 2.05) is 20.8 Å². The summed E-state index contributed by atoms with van der Waals surface area (Å²) in [4.78, 5) is 13.9. The Morgan fingerprint density at radius 2 is 1.75 bits per heavy atom. The van der Waals surface area contributed by atoms with E-state index in [4.69, 9.17) is 4.74 Å². The summed E-state index contributed by atoms with van der Waals surface area (Å²) in [6.07, 6.45) is -0.403. The van der Waals surface area contributed by atoms with Gasteiger partial charge in [0.1, 0.15) is 5.60 Å². The topological polar surface area (TPSA) is 66.9 Å². The third-order valence-electron chi connectivity index (χ3n) is 3.65. The SMILES string of the molecule is Cc1cc(Br)ccc1S(=O)(=O)N1CCN(C(=O)OC(C)(C)C)CC1. The predicted molar refractivity (Wildman–Crippen MR) is 95.4 cm³/mol. The van der Waals surface area contributed by atoms with Gasteiger partial charge in [-0.3, -0.25) is 0 Å². The molecule has 1 fully saturated rings. The van der Waals surface area contributed by atoms with E-state index < -0.39 is 21.7 Å². The number of halogens is 1. The number of rotatable bonds is 2. The Morgan fingerprint density at radius 3 is 2.25 bits per heavy atom. The lowest BCUT2D eigenvalue weighted by molar-refractivity contribution is 0.0192. The van der Waals surface area contributed by atoms with Gasteiger partial charge in [-0.05, 0) is 51.5 Å². The maximum absolute atomic E-state index is 12.8. The van der Waals surface area contributed by atoms with Crippen molar-refractivity contribution in [2.24, 2.45) is 0 Å². The number of sulfonamides is 1. The Bertz CT molecular complexity index is 720. The molecule has 0 saturated carbocycles. The van der Waals surface area contributed by atoms with Crippen LogP contribution < -0.4 is 0 Å². The molecule has 0 aliphatic carbocycles. The number of carbonyl (C=O) groups is 1. The van der Waals surface area contributed by atoms with Crippen molar-refractivity contribution in [2.75, 3.05) is 26.2 Å². The van der Waals surface area contributed by atoms with Gasteiger partial charge in [0, 0.05) is 30.7 Å². The Labute approximate surface area is 151 Å². The van der Waals surface area contributed by atoms with Crippen LogP contribution in [0.3, 0.4) is 0 Å². The molecular weight excluding hydrogens is 396 g/mol. The van der Waals surface area contributed by atoms with Gasteiger partial charge >= 0.3 is 6.09 Å². The molecule has 0 atom stereocenters. The van der Waals surface area contributed by atoms with Crippen molar-refractivity contribution in [2.45, 2.75) is 38.2 Å². The van der Waals surface area contributed by atoms with E-state index in [1.165, 1.54) is 4.31 Å². The molecule has 1 aromatic carbocycles. The molecule has 6 nitrogen and oxygen atoms in total. The van der Waals surface area contributed by atoms with Gasteiger partial charge in [-0.2, -0.15) is 4.31 Å². The molecule has 8 heteroatoms. The highest BCUT2D eigenvalue weighted by atomic mass is 79.9. The molecular formula is C16H23BrN2O4S. The van der Waals surface area contributed by atoms with Crippen molar-refractivity contribution >= 4 is 32.0 Å². The number of aryl methyl sites for hydroxylation is 1. The standard InChI is InChI=1S/C16H23BrN2O4S/c1-12-11-13(17)5-6-14(12)24(21,22)19-9-7-18(8-10-19)15(20)23-16(2,3)4/h5-6,11H,7-10H2,1-4H3. The zero-order valence-corrected chi connectivity index (χ0v) is 16.8. The molecule has 0 N–H and O–H groups in total. The third kappa shape index (κ3) is 4.49. The fourth-order valence-corrected chi connectivity index (χ4v) is 4.58. The van der Waals surface area contributed by atoms with E-state index in [1.54, 1.807) is 30.0 Å². The Kier molecular flexibility index (Phi) is 5.61. The molecule has 0 bridgehead atoms. The Morgan fingerprint density at radius 1 is 1.17 bits per heavy atom. The predicted octanol–water partition coefficient (Wildman–Crippen LogP) is 3.00. The molecule has 2 rings (SSSR count). The molecule has 1 heterocycles. The van der Waals surface area contributed by atoms with Crippen LogP contribution >= 0.6 is 15.9 Å². The van der Waals surface area contributed by atoms with Gasteiger partial charge in [0.2, 0.25) is 10.0 Å². The number of nitrogens with zero attached hydrogens (tertiary/aromatic N) is 2. The summed E-state index contributed by atoms with van der Waals surface area (Å²) in [5.41, 5.74) is 0.133. The second kappa shape index (κ2) is 7.01. The van der Waals surface area contributed by atoms with Crippen LogP contribution in [0.5, 0.6) is 0 Å². The van der Waals surface area contributed by atoms with E-state index in [0.717, 1.165) is 4.47 Å². The Balaban J connectivity index is 2.07. The number of benzene rings is 1. The van der Waals surface area contributed by atoms with E-state index >= 15 is 0 Å². The van der Waals surface area contributed by atoms with Crippen molar-refractivity contribution in [3.8, 4) is 0 Å². The molecule has 1 aromatic rings. The number of hydrogen-bond donors (Lipinski definition) is 0. The number of piperazine rings is 1. The highest BCUT2D eigenvalue weighted by Gasteiger charge is 2.32. The lowest BCUT2D eigenvalue weighted by Gasteiger charge is -2.35. The average Bonchev–Trinajstić information content (AvgIpc) is 2.45. The summed E-state index contributed by atoms with van der Waals surface area (Å²) < 4.78 is 33.2. The maximum atomic E-state index is 12.8. The van der Waals surface area contributed by atoms with Crippen LogP contribution in [-0.4, -0.2) is 55.5 Å². The normalized spacial score (nSPS) is 17.0. The number of amides is 1. The summed E-state index contributed by atoms with van der Waals surface area (Å²) in [6.45, 7) is 8.36. The number of hydrogen-bond acceptors (Lipinski definition) is 4. The van der Waals surface area contributed by atoms with Gasteiger partial charge in [0.05, 0.1) is 4.90 Å². The highest BCUT2D eigenvalue weighted by Crippen LogP contribution is 2.24. The van der Waals surface area contributed by atoms with Crippen molar-refractivity contribution in [3.63, 3.8) is 0 Å². The van der Waals surface area contributed by atoms with Gasteiger partial charge < -0.3 is 9.64 Å². The van der Waals surface area contributed by atoms with Crippen molar-refractivity contribution in [1.82, 2.24) is 9.21 Å². The smallest absolute Gasteiger partial charge is 0.410 e. The van der Waals surface area contributed by atoms with Gasteiger partial charge in [-0.15, -0.1) is 0 Å². The maximum Gasteiger partial charge on any atom is 0.410 e. The average molecular weight is 419 g/mol. The van der Waals surface area contributed by atoms with Crippen LogP contribution in [0.4, 0.5) is 4.79 Å². The molecule has 134 valence electrons. The molecule has 24 heavy (non-hydrogen) atoms. The van der Waals surface area contributed by atoms with Gasteiger partial charge in [-0.25, -0.2) is 13.2 Å². The summed E-state index contributed by atoms with van der Waals surface area (Å²) in [7, 11) is -3.56. The lowest BCUT2D eigenvalue weighted by atomic mass is 10.2. The molecule has 1 aliphatic heterocycles. The van der Waals surface area contributed by atoms with Crippen LogP contribution in [0, 0.1) is 6.92 Å². The quantitative estimate of drug-likeness (QED) is 0.739. The van der Waals surface area contributed by atoms with Crippen LogP contribution in [0.25, 0.3) is 0 Å². The molecule has 0 unspecified atom stereocenters. The van der Waals surface area contributed by atoms with Crippen molar-refractivity contribution < 1.29 is 17.9 Å². The van der Waals surface area contributed by atoms with E-state index in [-0.39, 0.29) is 13.1 Å². The first-order valence-electron chi connectivity index (χ1n) is 7.75. The summed E-state index contributed by atoms with van der Waals surface area (Å²) in [5, 5.41) is 0. The fourth-order valence-electron chi connectivity index (χ4n) is 2.48. The van der Waals surface area contributed by atoms with Gasteiger partial charge in [0.25, 0.3) is 0 Å². The summed E-state index contributed by atoms with van der Waals surface area (Å²) >= 11 is 3.34. The van der Waals surface area contributed by atoms with Crippen LogP contribution in [0.15, 0.2) is 27.6 Å². The first-order valence-corrected chi connectivity index (χ1v) is 9.98. The van der Waals surface area contributed by atoms with Gasteiger partial charge in [0.15, 0.2) is 0 Å². The molecule has 0 spiro atoms. The highest BCUT2D eigenvalue weighted by molar-refractivity contribution is 9.10. The minimum Gasteiger partial charge on any atom is -0.444 e. The number of ether oxygens (including phenoxy) is 1. The zero-order valence-electron chi connectivity index (χ0n) is 14.4. The van der Waals surface area contributed by atoms with Crippen molar-refractivity contribution in [3.05, 3.63) is 28.2 Å². The second-order valence-corrected chi connectivity index (χ2v) is 9.60. The largest absolute Gasteiger partial charge is 0.444 e. The minimum absolute atomic E-state index is 0.261.